The summed E-state index contributed by atoms with van der Waals surface area (Å²) in [7, 11) is 0. The molecule has 32 heavy (non-hydrogen) atoms. The van der Waals surface area contributed by atoms with E-state index in [-0.39, 0.29) is 0 Å². The van der Waals surface area contributed by atoms with Crippen molar-refractivity contribution in [3.05, 3.63) is 111 Å². The summed E-state index contributed by atoms with van der Waals surface area (Å²) in [6.45, 7) is 13.6. The number of hydrogen-bond acceptors (Lipinski definition) is 1. The fourth-order valence-corrected chi connectivity index (χ4v) is 6.98. The van der Waals surface area contributed by atoms with Gasteiger partial charge in [-0.15, -0.1) is 6.32 Å². The second-order valence-corrected chi connectivity index (χ2v) is 9.97. The molecule has 0 unspecified atom stereocenters. The van der Waals surface area contributed by atoms with Crippen LogP contribution in [0.2, 0.25) is 0 Å². The summed E-state index contributed by atoms with van der Waals surface area (Å²) in [4.78, 5) is 5.16. The van der Waals surface area contributed by atoms with E-state index in [0.29, 0.717) is 0 Å². The molecule has 0 fully saturated rings. The van der Waals surface area contributed by atoms with Crippen molar-refractivity contribution < 1.29 is 0 Å². The highest BCUT2D eigenvalue weighted by Crippen LogP contribution is 2.38. The Labute approximate surface area is 192 Å². The van der Waals surface area contributed by atoms with Gasteiger partial charge >= 0.3 is 0 Å². The Hall–Kier alpha value is -3.13. The summed E-state index contributed by atoms with van der Waals surface area (Å²) < 4.78 is 0. The summed E-state index contributed by atoms with van der Waals surface area (Å²) in [5.74, 6) is 0. The average Bonchev–Trinajstić information content (AvgIpc) is 2.72. The van der Waals surface area contributed by atoms with Crippen molar-refractivity contribution in [1.29, 1.82) is 0 Å². The van der Waals surface area contributed by atoms with Crippen LogP contribution in [-0.4, -0.2) is 12.4 Å². The Morgan fingerprint density at radius 1 is 0.719 bits per heavy atom. The van der Waals surface area contributed by atoms with Gasteiger partial charge in [-0.1, -0.05) is 87.5 Å². The van der Waals surface area contributed by atoms with Crippen molar-refractivity contribution in [2.75, 3.05) is 0 Å². The molecule has 0 amide bonds. The Bertz CT molecular complexity index is 1250. The van der Waals surface area contributed by atoms with Crippen LogP contribution in [0.3, 0.4) is 0 Å². The van der Waals surface area contributed by atoms with Crippen molar-refractivity contribution in [2.45, 2.75) is 47.9 Å². The first-order chi connectivity index (χ1) is 15.3. The largest absolute Gasteiger partial charge is 0.237 e. The van der Waals surface area contributed by atoms with Crippen molar-refractivity contribution in [3.8, 4) is 0 Å². The summed E-state index contributed by atoms with van der Waals surface area (Å²) in [6, 6.07) is 18.3. The van der Waals surface area contributed by atoms with Gasteiger partial charge in [0, 0.05) is 16.6 Å². The molecule has 2 heterocycles. The van der Waals surface area contributed by atoms with Gasteiger partial charge in [-0.2, -0.15) is 10.9 Å². The van der Waals surface area contributed by atoms with Gasteiger partial charge in [-0.3, -0.25) is 0 Å². The van der Waals surface area contributed by atoms with E-state index in [1.165, 1.54) is 66.6 Å². The molecule has 2 aliphatic rings. The zero-order chi connectivity index (χ0) is 22.6. The van der Waals surface area contributed by atoms with Crippen molar-refractivity contribution in [3.63, 3.8) is 0 Å². The van der Waals surface area contributed by atoms with Crippen LogP contribution < -0.4 is 15.9 Å². The minimum atomic E-state index is -1.28. The van der Waals surface area contributed by atoms with Gasteiger partial charge in [0.2, 0.25) is 6.21 Å². The summed E-state index contributed by atoms with van der Waals surface area (Å²) in [5, 5.41) is 0. The first kappa shape index (κ1) is 20.8. The monoisotopic (exact) mass is 416 g/mol. The van der Waals surface area contributed by atoms with Gasteiger partial charge in [0.15, 0.2) is 6.15 Å². The molecule has 0 saturated heterocycles. The van der Waals surface area contributed by atoms with E-state index in [1.807, 2.05) is 6.21 Å². The van der Waals surface area contributed by atoms with Crippen molar-refractivity contribution in [2.24, 2.45) is 0 Å². The minimum Gasteiger partial charge on any atom is -0.186 e. The van der Waals surface area contributed by atoms with Crippen LogP contribution in [0.4, 0.5) is 0 Å². The molecular weight excluding hydrogens is 385 g/mol. The number of benzene rings is 3. The molecule has 2 heteroatoms. The zero-order valence-electron chi connectivity index (χ0n) is 20.1. The lowest BCUT2D eigenvalue weighted by atomic mass is 9.12. The van der Waals surface area contributed by atoms with Crippen LogP contribution >= 0.6 is 0 Å². The van der Waals surface area contributed by atoms with E-state index in [0.717, 1.165) is 6.32 Å². The lowest BCUT2D eigenvalue weighted by Crippen LogP contribution is -2.67. The molecule has 1 nitrogen and oxygen atoms in total. The molecule has 0 saturated carbocycles. The van der Waals surface area contributed by atoms with Crippen LogP contribution in [0.5, 0.6) is 0 Å². The molecule has 1 radical (unpaired) electrons. The molecule has 3 aromatic carbocycles. The molecule has 0 N–H and O–H groups in total. The third-order valence-corrected chi connectivity index (χ3v) is 7.60. The molecule has 0 aliphatic carbocycles. The van der Waals surface area contributed by atoms with E-state index >= 15 is 0 Å². The summed E-state index contributed by atoms with van der Waals surface area (Å²) in [5.41, 5.74) is 16.4. The number of allylic oxidation sites excluding steroid dienone is 3. The maximum absolute atomic E-state index is 5.16. The first-order valence-corrected chi connectivity index (χ1v) is 11.7. The molecule has 0 atom stereocenters. The maximum atomic E-state index is 5.16. The highest BCUT2D eigenvalue weighted by molar-refractivity contribution is 7.08. The molecule has 0 aromatic heterocycles. The second-order valence-electron chi connectivity index (χ2n) is 9.97. The van der Waals surface area contributed by atoms with E-state index in [2.05, 4.69) is 102 Å². The molecule has 0 bridgehead atoms. The Morgan fingerprint density at radius 2 is 1.25 bits per heavy atom. The third kappa shape index (κ3) is 2.97. The molecule has 0 spiro atoms. The van der Waals surface area contributed by atoms with Gasteiger partial charge in [0.25, 0.3) is 0 Å². The number of aliphatic imine (C=N–C) groups is 1. The predicted molar refractivity (Wildman–Crippen MR) is 141 cm³/mol. The molecule has 159 valence electrons. The molecule has 2 aliphatic heterocycles. The molecule has 5 rings (SSSR count). The second kappa shape index (κ2) is 7.48. The van der Waals surface area contributed by atoms with E-state index < -0.39 is 6.15 Å². The van der Waals surface area contributed by atoms with Gasteiger partial charge in [-0.05, 0) is 53.2 Å². The van der Waals surface area contributed by atoms with Gasteiger partial charge < -0.3 is 0 Å². The third-order valence-electron chi connectivity index (χ3n) is 7.60. The zero-order valence-corrected chi connectivity index (χ0v) is 20.1. The van der Waals surface area contributed by atoms with Crippen molar-refractivity contribution in [1.82, 2.24) is 4.99 Å². The highest BCUT2D eigenvalue weighted by Gasteiger charge is 2.47. The van der Waals surface area contributed by atoms with E-state index in [9.17, 15) is 0 Å². The standard InChI is InChI=1S/C30H31BN/c1-19-14-21(3)28(22(4)15-19)31(29-23(5)16-20(2)17-24(29)6)18-25-10-7-8-11-26(25)27-12-9-13-32-30(27)31/h7-17H,18H2,1-6H3. The van der Waals surface area contributed by atoms with Crippen LogP contribution in [0.1, 0.15) is 44.5 Å². The summed E-state index contributed by atoms with van der Waals surface area (Å²) in [6.07, 6.45) is 6.05. The average molecular weight is 416 g/mol. The van der Waals surface area contributed by atoms with Gasteiger partial charge in [0.05, 0.1) is 0 Å². The number of nitrogens with zero attached hydrogens (tertiary/aromatic N) is 1. The van der Waals surface area contributed by atoms with E-state index in [1.54, 1.807) is 0 Å². The molecule has 3 aromatic rings. The summed E-state index contributed by atoms with van der Waals surface area (Å²) >= 11 is 0. The maximum Gasteiger partial charge on any atom is 0.237 e. The quantitative estimate of drug-likeness (QED) is 0.515. The first-order valence-electron chi connectivity index (χ1n) is 11.7. The van der Waals surface area contributed by atoms with Crippen LogP contribution in [0, 0.1) is 41.5 Å². The lowest BCUT2D eigenvalue weighted by Gasteiger charge is -2.46. The van der Waals surface area contributed by atoms with Crippen LogP contribution in [0.15, 0.2) is 66.3 Å². The fraction of sp³-hybridized carbons (Fsp3) is 0.233. The highest BCUT2D eigenvalue weighted by atomic mass is 14.7. The SMILES string of the molecule is Cc1cc(C)c([B-]2(c3c(C)cc(C)cc3C)Cc3ccccc3C3=C2[N+]=CC=C3)c(C)c1. The van der Waals surface area contributed by atoms with Crippen molar-refractivity contribution >= 4 is 28.9 Å². The van der Waals surface area contributed by atoms with Gasteiger partial charge in [-0.25, -0.2) is 0 Å². The number of fused-ring (bicyclic) bond motifs is 2. The Kier molecular flexibility index (Phi) is 4.85. The molecular formula is C30H31BN. The van der Waals surface area contributed by atoms with Gasteiger partial charge in [0.1, 0.15) is 5.60 Å². The lowest BCUT2D eigenvalue weighted by molar-refractivity contribution is 1.19. The number of rotatable bonds is 2. The Balaban J connectivity index is 1.99. The fourth-order valence-electron chi connectivity index (χ4n) is 6.98. The topological polar surface area (TPSA) is 14.1 Å². The van der Waals surface area contributed by atoms with Crippen LogP contribution in [0.25, 0.3) is 5.57 Å². The number of hydrogen-bond donors (Lipinski definition) is 0. The normalized spacial score (nSPS) is 16.2. The smallest absolute Gasteiger partial charge is 0.186 e. The predicted octanol–water partition coefficient (Wildman–Crippen LogP) is 5.12. The number of aryl methyl sites for hydroxylation is 6. The van der Waals surface area contributed by atoms with E-state index in [4.69, 9.17) is 4.99 Å². The Morgan fingerprint density at radius 3 is 1.81 bits per heavy atom. The van der Waals surface area contributed by atoms with Crippen LogP contribution in [-0.2, 0) is 6.32 Å². The minimum absolute atomic E-state index is 0.982.